The van der Waals surface area contributed by atoms with E-state index >= 15 is 0 Å². The smallest absolute Gasteiger partial charge is 0.431 e. The highest BCUT2D eigenvalue weighted by Gasteiger charge is 2.36. The van der Waals surface area contributed by atoms with Crippen molar-refractivity contribution < 1.29 is 26.3 Å². The van der Waals surface area contributed by atoms with Crippen LogP contribution in [0.2, 0.25) is 0 Å². The van der Waals surface area contributed by atoms with Gasteiger partial charge >= 0.3 is 12.2 Å². The van der Waals surface area contributed by atoms with Crippen molar-refractivity contribution in [3.8, 4) is 28.8 Å². The molecule has 4 aromatic rings. The second-order valence-electron chi connectivity index (χ2n) is 7.71. The summed E-state index contributed by atoms with van der Waals surface area (Å²) in [6.45, 7) is 2.66. The first-order chi connectivity index (χ1) is 16.9. The quantitative estimate of drug-likeness (QED) is 0.379. The average molecular weight is 523 g/mol. The molecule has 4 heterocycles. The summed E-state index contributed by atoms with van der Waals surface area (Å²) in [7, 11) is -1.00. The molecule has 0 saturated carbocycles. The molecule has 0 aliphatic heterocycles. The molecule has 0 bridgehead atoms. The Morgan fingerprint density at radius 2 is 1.75 bits per heavy atom. The van der Waals surface area contributed by atoms with Gasteiger partial charge in [0.15, 0.2) is 15.7 Å². The third kappa shape index (κ3) is 4.21. The van der Waals surface area contributed by atoms with E-state index in [2.05, 4.69) is 19.9 Å². The van der Waals surface area contributed by atoms with Crippen molar-refractivity contribution in [2.24, 2.45) is 7.05 Å². The zero-order chi connectivity index (χ0) is 26.4. The lowest BCUT2D eigenvalue weighted by Gasteiger charge is -2.14. The maximum absolute atomic E-state index is 13.6. The lowest BCUT2D eigenvalue weighted by Crippen LogP contribution is -2.28. The van der Waals surface area contributed by atoms with Crippen LogP contribution in [0.5, 0.6) is 6.01 Å². The van der Waals surface area contributed by atoms with Gasteiger partial charge in [-0.15, -0.1) is 0 Å². The summed E-state index contributed by atoms with van der Waals surface area (Å²) in [5, 5.41) is 0. The van der Waals surface area contributed by atoms with Crippen LogP contribution in [-0.2, 0) is 29.6 Å². The minimum absolute atomic E-state index is 0.0765. The Labute approximate surface area is 203 Å². The predicted octanol–water partition coefficient (Wildman–Crippen LogP) is 3.09. The Morgan fingerprint density at radius 1 is 1.08 bits per heavy atom. The number of methoxy groups -OCH3 is 1. The van der Waals surface area contributed by atoms with Crippen LogP contribution in [0, 0.1) is 0 Å². The van der Waals surface area contributed by atoms with E-state index in [4.69, 9.17) is 4.74 Å². The highest BCUT2D eigenvalue weighted by atomic mass is 32.2. The Morgan fingerprint density at radius 3 is 2.31 bits per heavy atom. The van der Waals surface area contributed by atoms with E-state index in [1.165, 1.54) is 57.1 Å². The number of fused-ring (bicyclic) bond motifs is 1. The number of nitrogens with zero attached hydrogens (tertiary/aromatic N) is 6. The topological polar surface area (TPSA) is 122 Å². The molecule has 0 amide bonds. The number of halogens is 3. The Balaban J connectivity index is 2.04. The lowest BCUT2D eigenvalue weighted by molar-refractivity contribution is -0.144. The van der Waals surface area contributed by atoms with Gasteiger partial charge in [0.2, 0.25) is 0 Å². The number of rotatable bonds is 6. The van der Waals surface area contributed by atoms with E-state index in [-0.39, 0.29) is 51.4 Å². The lowest BCUT2D eigenvalue weighted by atomic mass is 10.2. The van der Waals surface area contributed by atoms with E-state index in [9.17, 15) is 26.4 Å². The molecule has 0 aliphatic rings. The van der Waals surface area contributed by atoms with Gasteiger partial charge in [0, 0.05) is 31.5 Å². The fourth-order valence-corrected chi connectivity index (χ4v) is 4.82. The third-order valence-electron chi connectivity index (χ3n) is 5.63. The maximum atomic E-state index is 13.6. The molecule has 0 radical (unpaired) electrons. The maximum Gasteiger partial charge on any atom is 0.431 e. The van der Waals surface area contributed by atoms with Crippen LogP contribution in [-0.4, -0.2) is 50.4 Å². The number of hydrogen-bond acceptors (Lipinski definition) is 8. The number of hydrogen-bond donors (Lipinski definition) is 0. The van der Waals surface area contributed by atoms with Crippen LogP contribution in [0.15, 0.2) is 40.3 Å². The monoisotopic (exact) mass is 522 g/mol. The van der Waals surface area contributed by atoms with Gasteiger partial charge in [-0.25, -0.2) is 28.4 Å². The number of sulfone groups is 1. The molecule has 0 spiro atoms. The number of aromatic nitrogens is 6. The molecule has 4 aromatic heterocycles. The van der Waals surface area contributed by atoms with Gasteiger partial charge in [-0.05, 0) is 25.1 Å². The van der Waals surface area contributed by atoms with Gasteiger partial charge < -0.3 is 13.9 Å². The second-order valence-corrected chi connectivity index (χ2v) is 9.96. The summed E-state index contributed by atoms with van der Waals surface area (Å²) >= 11 is 0. The molecule has 10 nitrogen and oxygen atoms in total. The van der Waals surface area contributed by atoms with Crippen LogP contribution < -0.4 is 10.3 Å². The van der Waals surface area contributed by atoms with Crippen LogP contribution in [0.1, 0.15) is 19.5 Å². The first-order valence-electron chi connectivity index (χ1n) is 10.7. The summed E-state index contributed by atoms with van der Waals surface area (Å²) in [6.07, 6.45) is -1.93. The van der Waals surface area contributed by atoms with Gasteiger partial charge in [-0.3, -0.25) is 4.79 Å². The highest BCUT2D eigenvalue weighted by molar-refractivity contribution is 7.91. The molecule has 36 heavy (non-hydrogen) atoms. The van der Waals surface area contributed by atoms with Crippen molar-refractivity contribution in [3.63, 3.8) is 0 Å². The van der Waals surface area contributed by atoms with E-state index in [1.807, 2.05) is 0 Å². The van der Waals surface area contributed by atoms with Crippen LogP contribution in [0.4, 0.5) is 13.2 Å². The molecule has 0 aliphatic carbocycles. The second kappa shape index (κ2) is 9.00. The van der Waals surface area contributed by atoms with Gasteiger partial charge in [0.05, 0.1) is 29.0 Å². The summed E-state index contributed by atoms with van der Waals surface area (Å²) in [5.74, 6) is -0.329. The molecule has 0 unspecified atom stereocenters. The molecule has 0 atom stereocenters. The van der Waals surface area contributed by atoms with Crippen LogP contribution >= 0.6 is 0 Å². The largest absolute Gasteiger partial charge is 0.467 e. The SMILES string of the molecule is CCn1c(C(F)(F)F)cc2nc(-c3nc(-c4cnc(OC)nc4)ccc3S(=O)(=O)CC)n(C)c2c1=O. The predicted molar refractivity (Wildman–Crippen MR) is 124 cm³/mol. The Hall–Kier alpha value is -3.81. The minimum Gasteiger partial charge on any atom is -0.467 e. The number of ether oxygens (including phenoxy) is 1. The van der Waals surface area contributed by atoms with Gasteiger partial charge in [0.1, 0.15) is 16.9 Å². The van der Waals surface area contributed by atoms with Crippen molar-refractivity contribution in [3.05, 3.63) is 46.6 Å². The molecule has 0 fully saturated rings. The fourth-order valence-electron chi connectivity index (χ4n) is 3.81. The fraction of sp³-hybridized carbons (Fsp3) is 0.318. The number of alkyl halides is 3. The standard InChI is InChI=1S/C22H21F3N6O4S/c1-5-31-16(22(23,24)25)9-14-18(20(31)32)30(3)19(29-14)17-15(36(33,34)6-2)8-7-13(28-17)12-10-26-21(35-4)27-11-12/h7-11H,5-6H2,1-4H3. The van der Waals surface area contributed by atoms with Gasteiger partial charge in [0.25, 0.3) is 5.56 Å². The van der Waals surface area contributed by atoms with Gasteiger partial charge in [-0.1, -0.05) is 6.92 Å². The Bertz CT molecular complexity index is 1630. The summed E-state index contributed by atoms with van der Waals surface area (Å²) < 4.78 is 73.4. The van der Waals surface area contributed by atoms with E-state index in [0.29, 0.717) is 10.1 Å². The van der Waals surface area contributed by atoms with E-state index < -0.39 is 27.3 Å². The zero-order valence-corrected chi connectivity index (χ0v) is 20.5. The molecule has 14 heteroatoms. The van der Waals surface area contributed by atoms with E-state index in [1.54, 1.807) is 0 Å². The van der Waals surface area contributed by atoms with E-state index in [0.717, 1.165) is 6.07 Å². The number of pyridine rings is 2. The molecule has 190 valence electrons. The average Bonchev–Trinajstić information content (AvgIpc) is 3.19. The normalized spacial score (nSPS) is 12.3. The van der Waals surface area contributed by atoms with Crippen LogP contribution in [0.3, 0.4) is 0 Å². The first kappa shape index (κ1) is 25.3. The van der Waals surface area contributed by atoms with Crippen LogP contribution in [0.25, 0.3) is 33.8 Å². The van der Waals surface area contributed by atoms with Crippen molar-refractivity contribution in [1.82, 2.24) is 29.1 Å². The molecule has 0 aromatic carbocycles. The minimum atomic E-state index is -4.79. The van der Waals surface area contributed by atoms with Crippen molar-refractivity contribution >= 4 is 20.9 Å². The summed E-state index contributed by atoms with van der Waals surface area (Å²) in [6, 6.07) is 3.70. The van der Waals surface area contributed by atoms with Gasteiger partial charge in [-0.2, -0.15) is 13.2 Å². The molecular formula is C22H21F3N6O4S. The highest BCUT2D eigenvalue weighted by Crippen LogP contribution is 2.33. The molecular weight excluding hydrogens is 501 g/mol. The molecule has 0 N–H and O–H groups in total. The number of aryl methyl sites for hydroxylation is 1. The first-order valence-corrected chi connectivity index (χ1v) is 12.4. The van der Waals surface area contributed by atoms with Crippen molar-refractivity contribution in [2.75, 3.05) is 12.9 Å². The van der Waals surface area contributed by atoms with Crippen molar-refractivity contribution in [2.45, 2.75) is 31.5 Å². The Kier molecular flexibility index (Phi) is 6.32. The summed E-state index contributed by atoms with van der Waals surface area (Å²) in [4.78, 5) is 29.6. The third-order valence-corrected chi connectivity index (χ3v) is 7.39. The summed E-state index contributed by atoms with van der Waals surface area (Å²) in [5.41, 5.74) is -1.77. The molecule has 0 saturated heterocycles. The number of imidazole rings is 1. The van der Waals surface area contributed by atoms with Crippen molar-refractivity contribution in [1.29, 1.82) is 0 Å². The molecule has 4 rings (SSSR count). The zero-order valence-electron chi connectivity index (χ0n) is 19.7.